The Balaban J connectivity index is 2.13. The standard InChI is InChI=1S/C11H13Cl2F2N3O/c1-5(7-3-6(14)4-18(7)2)19-10-8(15)9(12)16-11(13)17-10/h5-7H,3-4H2,1-2H3/t5-,6+,7-/m0/s1. The van der Waals surface area contributed by atoms with Crippen LogP contribution in [0.4, 0.5) is 8.78 Å². The van der Waals surface area contributed by atoms with Crippen LogP contribution < -0.4 is 4.74 Å². The van der Waals surface area contributed by atoms with E-state index in [4.69, 9.17) is 27.9 Å². The molecule has 0 amide bonds. The maximum Gasteiger partial charge on any atom is 0.256 e. The van der Waals surface area contributed by atoms with Gasteiger partial charge in [-0.15, -0.1) is 0 Å². The molecule has 0 radical (unpaired) electrons. The Morgan fingerprint density at radius 3 is 2.68 bits per heavy atom. The number of nitrogens with zero attached hydrogens (tertiary/aromatic N) is 3. The van der Waals surface area contributed by atoms with Gasteiger partial charge in [0.1, 0.15) is 12.3 Å². The van der Waals surface area contributed by atoms with Crippen molar-refractivity contribution in [3.05, 3.63) is 16.3 Å². The summed E-state index contributed by atoms with van der Waals surface area (Å²) in [5, 5.41) is -0.595. The van der Waals surface area contributed by atoms with Gasteiger partial charge in [-0.1, -0.05) is 11.6 Å². The quantitative estimate of drug-likeness (QED) is 0.635. The minimum atomic E-state index is -0.900. The van der Waals surface area contributed by atoms with E-state index in [1.165, 1.54) is 0 Å². The first-order chi connectivity index (χ1) is 8.88. The van der Waals surface area contributed by atoms with Crippen LogP contribution >= 0.6 is 23.2 Å². The number of halogens is 4. The Bertz CT molecular complexity index is 477. The second-order valence-electron chi connectivity index (χ2n) is 4.57. The lowest BCUT2D eigenvalue weighted by atomic mass is 10.1. The van der Waals surface area contributed by atoms with Crippen molar-refractivity contribution >= 4 is 23.2 Å². The second-order valence-corrected chi connectivity index (χ2v) is 5.26. The van der Waals surface area contributed by atoms with Gasteiger partial charge < -0.3 is 4.74 Å². The average Bonchev–Trinajstić information content (AvgIpc) is 2.64. The Kier molecular flexibility index (Phi) is 4.43. The molecule has 1 aromatic rings. The van der Waals surface area contributed by atoms with Crippen LogP contribution in [0.3, 0.4) is 0 Å². The number of alkyl halides is 1. The SMILES string of the molecule is C[C@H](Oc1nc(Cl)nc(Cl)c1F)[C@@H]1C[C@@H](F)CN1C. The van der Waals surface area contributed by atoms with E-state index in [9.17, 15) is 8.78 Å². The highest BCUT2D eigenvalue weighted by atomic mass is 35.5. The molecule has 2 heterocycles. The van der Waals surface area contributed by atoms with Gasteiger partial charge in [-0.25, -0.2) is 9.37 Å². The molecule has 0 aliphatic carbocycles. The maximum atomic E-state index is 13.7. The zero-order chi connectivity index (χ0) is 14.2. The lowest BCUT2D eigenvalue weighted by molar-refractivity contribution is 0.112. The fourth-order valence-electron chi connectivity index (χ4n) is 2.22. The third kappa shape index (κ3) is 3.24. The van der Waals surface area contributed by atoms with Gasteiger partial charge >= 0.3 is 0 Å². The average molecular weight is 312 g/mol. The van der Waals surface area contributed by atoms with Gasteiger partial charge in [0.05, 0.1) is 0 Å². The van der Waals surface area contributed by atoms with Crippen LogP contribution in [0.1, 0.15) is 13.3 Å². The van der Waals surface area contributed by atoms with Crippen molar-refractivity contribution in [1.82, 2.24) is 14.9 Å². The summed E-state index contributed by atoms with van der Waals surface area (Å²) in [6.07, 6.45) is -1.00. The molecule has 0 unspecified atom stereocenters. The van der Waals surface area contributed by atoms with Gasteiger partial charge in [0, 0.05) is 12.6 Å². The summed E-state index contributed by atoms with van der Waals surface area (Å²) < 4.78 is 32.4. The maximum absolute atomic E-state index is 13.7. The van der Waals surface area contributed by atoms with Crippen molar-refractivity contribution in [3.63, 3.8) is 0 Å². The molecule has 3 atom stereocenters. The molecule has 106 valence electrons. The van der Waals surface area contributed by atoms with Crippen molar-refractivity contribution in [3.8, 4) is 5.88 Å². The van der Waals surface area contributed by atoms with Crippen molar-refractivity contribution < 1.29 is 13.5 Å². The molecule has 1 aromatic heterocycles. The molecule has 4 nitrogen and oxygen atoms in total. The van der Waals surface area contributed by atoms with Gasteiger partial charge in [0.25, 0.3) is 5.88 Å². The minimum Gasteiger partial charge on any atom is -0.471 e. The Morgan fingerprint density at radius 2 is 2.11 bits per heavy atom. The summed E-state index contributed by atoms with van der Waals surface area (Å²) in [7, 11) is 1.79. The van der Waals surface area contributed by atoms with Crippen LogP contribution in [0, 0.1) is 5.82 Å². The Morgan fingerprint density at radius 1 is 1.42 bits per heavy atom. The predicted octanol–water partition coefficient (Wildman–Crippen LogP) is 2.73. The highest BCUT2D eigenvalue weighted by Crippen LogP contribution is 2.27. The first kappa shape index (κ1) is 14.7. The summed E-state index contributed by atoms with van der Waals surface area (Å²) in [6.45, 7) is 2.06. The molecule has 0 N–H and O–H groups in total. The number of likely N-dealkylation sites (tertiary alicyclic amines) is 1. The van der Waals surface area contributed by atoms with Crippen molar-refractivity contribution in [1.29, 1.82) is 0 Å². The van der Waals surface area contributed by atoms with E-state index in [2.05, 4.69) is 9.97 Å². The molecule has 0 saturated carbocycles. The van der Waals surface area contributed by atoms with Crippen LogP contribution in [0.25, 0.3) is 0 Å². The molecule has 19 heavy (non-hydrogen) atoms. The van der Waals surface area contributed by atoms with E-state index in [-0.39, 0.29) is 17.2 Å². The number of ether oxygens (including phenoxy) is 1. The van der Waals surface area contributed by atoms with Crippen molar-refractivity contribution in [2.45, 2.75) is 31.7 Å². The molecule has 0 spiro atoms. The zero-order valence-electron chi connectivity index (χ0n) is 10.4. The van der Waals surface area contributed by atoms with Gasteiger partial charge in [-0.2, -0.15) is 9.37 Å². The number of rotatable bonds is 3. The number of aromatic nitrogens is 2. The first-order valence-corrected chi connectivity index (χ1v) is 6.53. The highest BCUT2D eigenvalue weighted by molar-refractivity contribution is 6.31. The van der Waals surface area contributed by atoms with Gasteiger partial charge in [-0.05, 0) is 32.0 Å². The van der Waals surface area contributed by atoms with Crippen LogP contribution in [0.15, 0.2) is 0 Å². The van der Waals surface area contributed by atoms with Gasteiger partial charge in [0.2, 0.25) is 11.1 Å². The fraction of sp³-hybridized carbons (Fsp3) is 0.636. The molecule has 0 aromatic carbocycles. The van der Waals surface area contributed by atoms with Crippen molar-refractivity contribution in [2.24, 2.45) is 0 Å². The lowest BCUT2D eigenvalue weighted by Gasteiger charge is -2.26. The number of hydrogen-bond acceptors (Lipinski definition) is 4. The molecular formula is C11H13Cl2F2N3O. The molecule has 1 aliphatic rings. The molecule has 1 aliphatic heterocycles. The second kappa shape index (κ2) is 5.73. The third-order valence-electron chi connectivity index (χ3n) is 3.14. The van der Waals surface area contributed by atoms with Crippen molar-refractivity contribution in [2.75, 3.05) is 13.6 Å². The van der Waals surface area contributed by atoms with Crippen LogP contribution in [-0.4, -0.2) is 46.8 Å². The zero-order valence-corrected chi connectivity index (χ0v) is 11.9. The largest absolute Gasteiger partial charge is 0.471 e. The summed E-state index contributed by atoms with van der Waals surface area (Å²) in [5.74, 6) is -1.18. The summed E-state index contributed by atoms with van der Waals surface area (Å²) in [4.78, 5) is 8.94. The monoisotopic (exact) mass is 311 g/mol. The molecule has 2 rings (SSSR count). The van der Waals surface area contributed by atoms with E-state index >= 15 is 0 Å². The predicted molar refractivity (Wildman–Crippen MR) is 68.0 cm³/mol. The van der Waals surface area contributed by atoms with Crippen LogP contribution in [0.5, 0.6) is 5.88 Å². The minimum absolute atomic E-state index is 0.151. The van der Waals surface area contributed by atoms with Crippen LogP contribution in [0.2, 0.25) is 10.4 Å². The Hall–Kier alpha value is -0.720. The van der Waals surface area contributed by atoms with E-state index in [0.29, 0.717) is 13.0 Å². The summed E-state index contributed by atoms with van der Waals surface area (Å²) in [6, 6.07) is -0.151. The van der Waals surface area contributed by atoms with Gasteiger partial charge in [0.15, 0.2) is 5.15 Å². The van der Waals surface area contributed by atoms with E-state index in [1.54, 1.807) is 14.0 Å². The highest BCUT2D eigenvalue weighted by Gasteiger charge is 2.35. The molecule has 8 heteroatoms. The topological polar surface area (TPSA) is 38.3 Å². The third-order valence-corrected chi connectivity index (χ3v) is 3.56. The summed E-state index contributed by atoms with van der Waals surface area (Å²) >= 11 is 11.1. The van der Waals surface area contributed by atoms with Crippen LogP contribution in [-0.2, 0) is 0 Å². The number of likely N-dealkylation sites (N-methyl/N-ethyl adjacent to an activating group) is 1. The first-order valence-electron chi connectivity index (χ1n) is 5.78. The number of hydrogen-bond donors (Lipinski definition) is 0. The molecular weight excluding hydrogens is 299 g/mol. The summed E-state index contributed by atoms with van der Waals surface area (Å²) in [5.41, 5.74) is 0. The molecule has 1 saturated heterocycles. The van der Waals surface area contributed by atoms with Gasteiger partial charge in [-0.3, -0.25) is 4.90 Å². The van der Waals surface area contributed by atoms with E-state index < -0.39 is 23.2 Å². The van der Waals surface area contributed by atoms with E-state index in [0.717, 1.165) is 0 Å². The molecule has 0 bridgehead atoms. The fourth-order valence-corrected chi connectivity index (χ4v) is 2.59. The Labute approximate surface area is 119 Å². The van der Waals surface area contributed by atoms with E-state index in [1.807, 2.05) is 4.90 Å². The molecule has 1 fully saturated rings. The smallest absolute Gasteiger partial charge is 0.256 e. The normalized spacial score (nSPS) is 25.6. The lowest BCUT2D eigenvalue weighted by Crippen LogP contribution is -2.38.